The van der Waals surface area contributed by atoms with Crippen LogP contribution in [-0.2, 0) is 11.2 Å². The van der Waals surface area contributed by atoms with E-state index in [2.05, 4.69) is 15.3 Å². The van der Waals surface area contributed by atoms with Crippen molar-refractivity contribution >= 4 is 23.5 Å². The molecule has 7 heteroatoms. The van der Waals surface area contributed by atoms with E-state index in [1.165, 1.54) is 0 Å². The Morgan fingerprint density at radius 3 is 2.89 bits per heavy atom. The molecule has 150 valence electrons. The van der Waals surface area contributed by atoms with Crippen molar-refractivity contribution in [2.24, 2.45) is 0 Å². The lowest BCUT2D eigenvalue weighted by Crippen LogP contribution is -2.47. The van der Waals surface area contributed by atoms with E-state index in [1.807, 2.05) is 51.2 Å². The van der Waals surface area contributed by atoms with Crippen LogP contribution >= 0.6 is 11.6 Å². The number of amides is 1. The molecule has 2 aromatic heterocycles. The Morgan fingerprint density at radius 1 is 1.36 bits per heavy atom. The SMILES string of the molecule is CC(C)(C)OC(=O)N1CCC[C@H](Nc2cc(Cc3cccnc3)cc(Cl)n2)C1. The van der Waals surface area contributed by atoms with Gasteiger partial charge in [0.15, 0.2) is 0 Å². The number of halogens is 1. The van der Waals surface area contributed by atoms with Crippen molar-refractivity contribution < 1.29 is 9.53 Å². The molecule has 0 saturated carbocycles. The molecule has 1 aliphatic heterocycles. The maximum Gasteiger partial charge on any atom is 0.410 e. The fourth-order valence-electron chi connectivity index (χ4n) is 3.26. The van der Waals surface area contributed by atoms with Gasteiger partial charge in [-0.25, -0.2) is 9.78 Å². The maximum atomic E-state index is 12.4. The average molecular weight is 403 g/mol. The lowest BCUT2D eigenvalue weighted by molar-refractivity contribution is 0.0206. The third-order valence-corrected chi connectivity index (χ3v) is 4.60. The second-order valence-corrected chi connectivity index (χ2v) is 8.52. The number of carbonyl (C=O) groups excluding carboxylic acids is 1. The summed E-state index contributed by atoms with van der Waals surface area (Å²) < 4.78 is 5.50. The minimum absolute atomic E-state index is 0.110. The van der Waals surface area contributed by atoms with Crippen molar-refractivity contribution in [3.8, 4) is 0 Å². The number of nitrogens with one attached hydrogen (secondary N) is 1. The highest BCUT2D eigenvalue weighted by atomic mass is 35.5. The number of pyridine rings is 2. The van der Waals surface area contributed by atoms with Crippen LogP contribution in [0.5, 0.6) is 0 Å². The Kier molecular flexibility index (Phi) is 6.39. The molecule has 6 nitrogen and oxygen atoms in total. The molecule has 3 heterocycles. The van der Waals surface area contributed by atoms with Gasteiger partial charge in [-0.1, -0.05) is 17.7 Å². The van der Waals surface area contributed by atoms with Crippen molar-refractivity contribution in [3.05, 3.63) is 52.9 Å². The first-order chi connectivity index (χ1) is 13.3. The molecule has 2 aromatic rings. The van der Waals surface area contributed by atoms with Gasteiger partial charge in [-0.3, -0.25) is 4.98 Å². The van der Waals surface area contributed by atoms with E-state index in [1.54, 1.807) is 11.1 Å². The molecule has 0 radical (unpaired) electrons. The zero-order chi connectivity index (χ0) is 20.1. The van der Waals surface area contributed by atoms with Crippen LogP contribution in [0, 0.1) is 0 Å². The van der Waals surface area contributed by atoms with E-state index < -0.39 is 5.60 Å². The third-order valence-electron chi connectivity index (χ3n) is 4.41. The number of hydrogen-bond acceptors (Lipinski definition) is 5. The van der Waals surface area contributed by atoms with Crippen molar-refractivity contribution in [3.63, 3.8) is 0 Å². The number of carbonyl (C=O) groups is 1. The van der Waals surface area contributed by atoms with Crippen molar-refractivity contribution in [2.45, 2.75) is 51.7 Å². The molecule has 1 atom stereocenters. The van der Waals surface area contributed by atoms with E-state index in [0.717, 1.165) is 36.2 Å². The van der Waals surface area contributed by atoms with Crippen LogP contribution in [0.15, 0.2) is 36.7 Å². The van der Waals surface area contributed by atoms with Gasteiger partial charge in [0, 0.05) is 31.5 Å². The molecule has 1 N–H and O–H groups in total. The van der Waals surface area contributed by atoms with Crippen LogP contribution < -0.4 is 5.32 Å². The van der Waals surface area contributed by atoms with Gasteiger partial charge in [-0.05, 0) is 69.4 Å². The predicted octanol–water partition coefficient (Wildman–Crippen LogP) is 4.53. The minimum atomic E-state index is -0.493. The predicted molar refractivity (Wildman–Crippen MR) is 111 cm³/mol. The molecule has 1 saturated heterocycles. The summed E-state index contributed by atoms with van der Waals surface area (Å²) in [5.41, 5.74) is 1.69. The van der Waals surface area contributed by atoms with Gasteiger partial charge in [-0.15, -0.1) is 0 Å². The molecule has 0 aliphatic carbocycles. The van der Waals surface area contributed by atoms with Gasteiger partial charge in [0.2, 0.25) is 0 Å². The molecule has 1 aliphatic rings. The zero-order valence-corrected chi connectivity index (χ0v) is 17.4. The molecular formula is C21H27ClN4O2. The number of piperidine rings is 1. The van der Waals surface area contributed by atoms with Gasteiger partial charge in [0.25, 0.3) is 0 Å². The molecule has 1 fully saturated rings. The first kappa shape index (κ1) is 20.4. The lowest BCUT2D eigenvalue weighted by atomic mass is 10.1. The van der Waals surface area contributed by atoms with Gasteiger partial charge in [-0.2, -0.15) is 0 Å². The summed E-state index contributed by atoms with van der Waals surface area (Å²) >= 11 is 6.23. The fourth-order valence-corrected chi connectivity index (χ4v) is 3.49. The van der Waals surface area contributed by atoms with Crippen LogP contribution in [0.25, 0.3) is 0 Å². The Hall–Kier alpha value is -2.34. The Morgan fingerprint density at radius 2 is 2.18 bits per heavy atom. The van der Waals surface area contributed by atoms with Gasteiger partial charge < -0.3 is 15.0 Å². The first-order valence-electron chi connectivity index (χ1n) is 9.58. The fraction of sp³-hybridized carbons (Fsp3) is 0.476. The van der Waals surface area contributed by atoms with Gasteiger partial charge in [0.1, 0.15) is 16.6 Å². The topological polar surface area (TPSA) is 67.3 Å². The van der Waals surface area contributed by atoms with Crippen LogP contribution in [0.3, 0.4) is 0 Å². The van der Waals surface area contributed by atoms with Gasteiger partial charge >= 0.3 is 6.09 Å². The molecule has 1 amide bonds. The number of hydrogen-bond donors (Lipinski definition) is 1. The minimum Gasteiger partial charge on any atom is -0.444 e. The summed E-state index contributed by atoms with van der Waals surface area (Å²) in [6, 6.07) is 7.94. The third kappa shape index (κ3) is 6.09. The Labute approximate surface area is 171 Å². The summed E-state index contributed by atoms with van der Waals surface area (Å²) in [5, 5.41) is 3.88. The monoisotopic (exact) mass is 402 g/mol. The lowest BCUT2D eigenvalue weighted by Gasteiger charge is -2.34. The molecule has 0 spiro atoms. The highest BCUT2D eigenvalue weighted by Crippen LogP contribution is 2.21. The second kappa shape index (κ2) is 8.78. The number of aromatic nitrogens is 2. The van der Waals surface area contributed by atoms with E-state index >= 15 is 0 Å². The normalized spacial score (nSPS) is 17.3. The smallest absolute Gasteiger partial charge is 0.410 e. The first-order valence-corrected chi connectivity index (χ1v) is 9.96. The number of likely N-dealkylation sites (tertiary alicyclic amines) is 1. The Bertz CT molecular complexity index is 808. The van der Waals surface area contributed by atoms with E-state index in [9.17, 15) is 4.79 Å². The Balaban J connectivity index is 1.65. The van der Waals surface area contributed by atoms with Crippen LogP contribution in [0.1, 0.15) is 44.7 Å². The number of ether oxygens (including phenoxy) is 1. The summed E-state index contributed by atoms with van der Waals surface area (Å²) in [4.78, 5) is 22.7. The average Bonchev–Trinajstić information content (AvgIpc) is 2.61. The summed E-state index contributed by atoms with van der Waals surface area (Å²) in [6.07, 6.45) is 5.96. The number of nitrogens with zero attached hydrogens (tertiary/aromatic N) is 3. The van der Waals surface area contributed by atoms with Gasteiger partial charge in [0.05, 0.1) is 0 Å². The largest absolute Gasteiger partial charge is 0.444 e. The standard InChI is InChI=1S/C21H27ClN4O2/c1-21(2,3)28-20(27)26-9-5-7-17(14-26)24-19-12-16(11-18(22)25-19)10-15-6-4-8-23-13-15/h4,6,8,11-13,17H,5,7,9-10,14H2,1-3H3,(H,24,25)/t17-/m0/s1. The molecular weight excluding hydrogens is 376 g/mol. The number of rotatable bonds is 4. The molecule has 0 unspecified atom stereocenters. The van der Waals surface area contributed by atoms with Crippen molar-refractivity contribution in [1.29, 1.82) is 0 Å². The molecule has 3 rings (SSSR count). The van der Waals surface area contributed by atoms with Crippen LogP contribution in [-0.4, -0.2) is 45.7 Å². The molecule has 0 aromatic carbocycles. The summed E-state index contributed by atoms with van der Waals surface area (Å²) in [6.45, 7) is 6.93. The number of anilines is 1. The van der Waals surface area contributed by atoms with Crippen LogP contribution in [0.2, 0.25) is 5.15 Å². The maximum absolute atomic E-state index is 12.4. The van der Waals surface area contributed by atoms with Crippen molar-refractivity contribution in [2.75, 3.05) is 18.4 Å². The van der Waals surface area contributed by atoms with Crippen LogP contribution in [0.4, 0.5) is 10.6 Å². The molecule has 28 heavy (non-hydrogen) atoms. The van der Waals surface area contributed by atoms with E-state index in [4.69, 9.17) is 16.3 Å². The van der Waals surface area contributed by atoms with E-state index in [-0.39, 0.29) is 12.1 Å². The zero-order valence-electron chi connectivity index (χ0n) is 16.6. The van der Waals surface area contributed by atoms with E-state index in [0.29, 0.717) is 18.2 Å². The molecule has 0 bridgehead atoms. The summed E-state index contributed by atoms with van der Waals surface area (Å²) in [5.74, 6) is 0.724. The summed E-state index contributed by atoms with van der Waals surface area (Å²) in [7, 11) is 0. The van der Waals surface area contributed by atoms with Crippen molar-refractivity contribution in [1.82, 2.24) is 14.9 Å². The quantitative estimate of drug-likeness (QED) is 0.761. The second-order valence-electron chi connectivity index (χ2n) is 8.13. The highest BCUT2D eigenvalue weighted by Gasteiger charge is 2.27. The highest BCUT2D eigenvalue weighted by molar-refractivity contribution is 6.29.